The number of nitro benzene ring substituents is 1. The SMILES string of the molecule is CCOC(=O)C[C@H](c1ccc([N+](=O)[O-])cc1)[C@@H](NC(=O)c1ccc(C(C)(C)C)cc1)C(N)=O. The molecule has 2 rings (SSSR count). The summed E-state index contributed by atoms with van der Waals surface area (Å²) in [6.45, 7) is 7.94. The summed E-state index contributed by atoms with van der Waals surface area (Å²) in [5, 5.41) is 13.6. The highest BCUT2D eigenvalue weighted by Gasteiger charge is 2.32. The molecule has 0 fully saturated rings. The molecule has 0 radical (unpaired) electrons. The van der Waals surface area contributed by atoms with E-state index >= 15 is 0 Å². The van der Waals surface area contributed by atoms with Crippen LogP contribution in [-0.2, 0) is 19.7 Å². The van der Waals surface area contributed by atoms with Gasteiger partial charge >= 0.3 is 5.97 Å². The Hall–Kier alpha value is -3.75. The van der Waals surface area contributed by atoms with Gasteiger partial charge in [0.1, 0.15) is 6.04 Å². The van der Waals surface area contributed by atoms with Gasteiger partial charge in [0.05, 0.1) is 18.0 Å². The molecule has 0 unspecified atom stereocenters. The number of benzene rings is 2. The summed E-state index contributed by atoms with van der Waals surface area (Å²) in [4.78, 5) is 47.9. The van der Waals surface area contributed by atoms with Crippen LogP contribution in [0.2, 0.25) is 0 Å². The van der Waals surface area contributed by atoms with Gasteiger partial charge in [-0.05, 0) is 35.6 Å². The summed E-state index contributed by atoms with van der Waals surface area (Å²) in [5.41, 5.74) is 7.15. The minimum Gasteiger partial charge on any atom is -0.466 e. The Labute approximate surface area is 192 Å². The lowest BCUT2D eigenvalue weighted by Crippen LogP contribution is -2.48. The molecular formula is C24H29N3O6. The number of nitrogens with two attached hydrogens (primary N) is 1. The Balaban J connectivity index is 2.35. The lowest BCUT2D eigenvalue weighted by atomic mass is 9.86. The van der Waals surface area contributed by atoms with E-state index in [2.05, 4.69) is 26.1 Å². The van der Waals surface area contributed by atoms with Crippen molar-refractivity contribution in [1.82, 2.24) is 5.32 Å². The molecule has 3 N–H and O–H groups in total. The number of non-ortho nitro benzene ring substituents is 1. The predicted molar refractivity (Wildman–Crippen MR) is 123 cm³/mol. The van der Waals surface area contributed by atoms with Crippen molar-refractivity contribution < 1.29 is 24.0 Å². The highest BCUT2D eigenvalue weighted by Crippen LogP contribution is 2.27. The molecule has 0 saturated carbocycles. The van der Waals surface area contributed by atoms with Crippen molar-refractivity contribution in [2.45, 2.75) is 51.5 Å². The molecule has 0 aromatic heterocycles. The fourth-order valence-corrected chi connectivity index (χ4v) is 3.39. The van der Waals surface area contributed by atoms with Crippen molar-refractivity contribution in [3.63, 3.8) is 0 Å². The van der Waals surface area contributed by atoms with E-state index in [0.29, 0.717) is 11.1 Å². The van der Waals surface area contributed by atoms with Crippen LogP contribution >= 0.6 is 0 Å². The number of carbonyl (C=O) groups excluding carboxylic acids is 3. The van der Waals surface area contributed by atoms with Crippen LogP contribution in [0.4, 0.5) is 5.69 Å². The van der Waals surface area contributed by atoms with Crippen LogP contribution in [0, 0.1) is 10.1 Å². The number of nitrogens with one attached hydrogen (secondary N) is 1. The Bertz CT molecular complexity index is 1010. The first-order valence-corrected chi connectivity index (χ1v) is 10.5. The third-order valence-electron chi connectivity index (χ3n) is 5.23. The summed E-state index contributed by atoms with van der Waals surface area (Å²) in [6.07, 6.45) is -0.248. The Morgan fingerprint density at radius 3 is 2.09 bits per heavy atom. The highest BCUT2D eigenvalue weighted by molar-refractivity contribution is 5.97. The van der Waals surface area contributed by atoms with E-state index in [1.165, 1.54) is 24.3 Å². The van der Waals surface area contributed by atoms with Crippen LogP contribution < -0.4 is 11.1 Å². The van der Waals surface area contributed by atoms with Gasteiger partial charge < -0.3 is 15.8 Å². The number of nitro groups is 1. The second kappa shape index (κ2) is 10.7. The predicted octanol–water partition coefficient (Wildman–Crippen LogP) is 3.21. The summed E-state index contributed by atoms with van der Waals surface area (Å²) in [5.74, 6) is -2.84. The average Bonchev–Trinajstić information content (AvgIpc) is 2.75. The molecule has 0 aliphatic rings. The largest absolute Gasteiger partial charge is 0.466 e. The molecular weight excluding hydrogens is 426 g/mol. The number of rotatable bonds is 9. The van der Waals surface area contributed by atoms with Gasteiger partial charge in [0.15, 0.2) is 0 Å². The number of primary amides is 1. The third-order valence-corrected chi connectivity index (χ3v) is 5.23. The summed E-state index contributed by atoms with van der Waals surface area (Å²) >= 11 is 0. The normalized spacial score (nSPS) is 13.0. The van der Waals surface area contributed by atoms with Gasteiger partial charge in [0.25, 0.3) is 11.6 Å². The Kier molecular flexibility index (Phi) is 8.28. The first-order chi connectivity index (χ1) is 15.4. The van der Waals surface area contributed by atoms with Crippen molar-refractivity contribution in [3.05, 3.63) is 75.3 Å². The number of ether oxygens (including phenoxy) is 1. The third kappa shape index (κ3) is 6.86. The molecule has 0 aliphatic heterocycles. The van der Waals surface area contributed by atoms with E-state index in [1.54, 1.807) is 19.1 Å². The standard InChI is InChI=1S/C24H29N3O6/c1-5-33-20(28)14-19(15-8-12-18(13-9-15)27(31)32)21(22(25)29)26-23(30)16-6-10-17(11-7-16)24(2,3)4/h6-13,19,21H,5,14H2,1-4H3,(H2,25,29)(H,26,30)/t19-,21-/m1/s1. The number of hydrogen-bond acceptors (Lipinski definition) is 6. The maximum atomic E-state index is 12.9. The highest BCUT2D eigenvalue weighted by atomic mass is 16.6. The fourth-order valence-electron chi connectivity index (χ4n) is 3.39. The minimum absolute atomic E-state index is 0.0918. The number of hydrogen-bond donors (Lipinski definition) is 2. The quantitative estimate of drug-likeness (QED) is 0.338. The van der Waals surface area contributed by atoms with Crippen LogP contribution in [0.1, 0.15) is 61.5 Å². The summed E-state index contributed by atoms with van der Waals surface area (Å²) in [7, 11) is 0. The molecule has 2 amide bonds. The van der Waals surface area contributed by atoms with Crippen molar-refractivity contribution in [3.8, 4) is 0 Å². The molecule has 2 atom stereocenters. The number of amides is 2. The van der Waals surface area contributed by atoms with E-state index in [1.807, 2.05) is 12.1 Å². The molecule has 2 aromatic rings. The van der Waals surface area contributed by atoms with Crippen LogP contribution in [-0.4, -0.2) is 35.4 Å². The summed E-state index contributed by atoms with van der Waals surface area (Å²) in [6, 6.07) is 11.1. The van der Waals surface area contributed by atoms with Crippen molar-refractivity contribution in [2.24, 2.45) is 5.73 Å². The molecule has 0 heterocycles. The van der Waals surface area contributed by atoms with E-state index < -0.39 is 34.7 Å². The van der Waals surface area contributed by atoms with Crippen molar-refractivity contribution in [1.29, 1.82) is 0 Å². The van der Waals surface area contributed by atoms with Gasteiger partial charge in [-0.2, -0.15) is 0 Å². The molecule has 2 aromatic carbocycles. The lowest BCUT2D eigenvalue weighted by Gasteiger charge is -2.26. The molecule has 0 saturated heterocycles. The zero-order valence-electron chi connectivity index (χ0n) is 19.2. The van der Waals surface area contributed by atoms with E-state index in [-0.39, 0.29) is 24.1 Å². The number of esters is 1. The lowest BCUT2D eigenvalue weighted by molar-refractivity contribution is -0.384. The molecule has 0 bridgehead atoms. The van der Waals surface area contributed by atoms with Crippen LogP contribution in [0.25, 0.3) is 0 Å². The van der Waals surface area contributed by atoms with Gasteiger partial charge in [-0.15, -0.1) is 0 Å². The van der Waals surface area contributed by atoms with Gasteiger partial charge in [0.2, 0.25) is 5.91 Å². The topological polar surface area (TPSA) is 142 Å². The van der Waals surface area contributed by atoms with Crippen LogP contribution in [0.5, 0.6) is 0 Å². The molecule has 176 valence electrons. The van der Waals surface area contributed by atoms with E-state index in [0.717, 1.165) is 5.56 Å². The maximum absolute atomic E-state index is 12.9. The first-order valence-electron chi connectivity index (χ1n) is 10.5. The van der Waals surface area contributed by atoms with E-state index in [9.17, 15) is 24.5 Å². The van der Waals surface area contributed by atoms with Gasteiger partial charge in [-0.25, -0.2) is 0 Å². The summed E-state index contributed by atoms with van der Waals surface area (Å²) < 4.78 is 5.01. The Morgan fingerprint density at radius 2 is 1.64 bits per heavy atom. The molecule has 0 aliphatic carbocycles. The second-order valence-electron chi connectivity index (χ2n) is 8.65. The van der Waals surface area contributed by atoms with Crippen molar-refractivity contribution in [2.75, 3.05) is 6.61 Å². The first kappa shape index (κ1) is 25.5. The number of nitrogens with zero attached hydrogens (tertiary/aromatic N) is 1. The van der Waals surface area contributed by atoms with Crippen LogP contribution in [0.15, 0.2) is 48.5 Å². The molecule has 0 spiro atoms. The molecule has 9 nitrogen and oxygen atoms in total. The van der Waals surface area contributed by atoms with Crippen LogP contribution in [0.3, 0.4) is 0 Å². The Morgan fingerprint density at radius 1 is 1.06 bits per heavy atom. The van der Waals surface area contributed by atoms with Crippen molar-refractivity contribution >= 4 is 23.5 Å². The van der Waals surface area contributed by atoms with Gasteiger partial charge in [-0.1, -0.05) is 45.0 Å². The smallest absolute Gasteiger partial charge is 0.306 e. The zero-order chi connectivity index (χ0) is 24.8. The fraction of sp³-hybridized carbons (Fsp3) is 0.375. The van der Waals surface area contributed by atoms with E-state index in [4.69, 9.17) is 10.5 Å². The maximum Gasteiger partial charge on any atom is 0.306 e. The zero-order valence-corrected chi connectivity index (χ0v) is 19.2. The second-order valence-corrected chi connectivity index (χ2v) is 8.65. The molecule has 33 heavy (non-hydrogen) atoms. The monoisotopic (exact) mass is 455 g/mol. The minimum atomic E-state index is -1.24. The number of carbonyl (C=O) groups is 3. The average molecular weight is 456 g/mol. The molecule has 9 heteroatoms. The van der Waals surface area contributed by atoms with Gasteiger partial charge in [-0.3, -0.25) is 24.5 Å². The van der Waals surface area contributed by atoms with Gasteiger partial charge in [0, 0.05) is 23.6 Å².